The highest BCUT2D eigenvalue weighted by molar-refractivity contribution is 6.03. The molecule has 2 amide bonds. The standard InChI is InChI=1S/C16H17F3N2O2/c17-16(18,19)10-20-15(23)12-7-3-4-8-13(12)21-14(22)9-11-5-1-2-6-11/h1,3-5,7-8,11H,2,6,9-10H2,(H,20,23)(H,21,22)/t11-/m0/s1. The molecule has 2 N–H and O–H groups in total. The summed E-state index contributed by atoms with van der Waals surface area (Å²) in [7, 11) is 0. The Morgan fingerprint density at radius 3 is 2.61 bits per heavy atom. The molecule has 4 nitrogen and oxygen atoms in total. The van der Waals surface area contributed by atoms with Gasteiger partial charge in [-0.2, -0.15) is 13.2 Å². The number of carbonyl (C=O) groups is 2. The third-order valence-electron chi connectivity index (χ3n) is 3.46. The van der Waals surface area contributed by atoms with E-state index in [2.05, 4.69) is 5.32 Å². The van der Waals surface area contributed by atoms with Gasteiger partial charge in [-0.05, 0) is 30.9 Å². The number of hydrogen-bond donors (Lipinski definition) is 2. The summed E-state index contributed by atoms with van der Waals surface area (Å²) < 4.78 is 36.5. The first-order valence-electron chi connectivity index (χ1n) is 7.25. The van der Waals surface area contributed by atoms with Gasteiger partial charge in [0.15, 0.2) is 0 Å². The van der Waals surface area contributed by atoms with Gasteiger partial charge < -0.3 is 10.6 Å². The van der Waals surface area contributed by atoms with Gasteiger partial charge in [-0.3, -0.25) is 9.59 Å². The summed E-state index contributed by atoms with van der Waals surface area (Å²) in [5.41, 5.74) is 0.214. The molecule has 0 aliphatic heterocycles. The molecule has 0 heterocycles. The topological polar surface area (TPSA) is 58.2 Å². The normalized spacial score (nSPS) is 17.1. The zero-order valence-corrected chi connectivity index (χ0v) is 12.3. The van der Waals surface area contributed by atoms with E-state index in [9.17, 15) is 22.8 Å². The molecule has 1 aliphatic rings. The van der Waals surface area contributed by atoms with Gasteiger partial charge in [-0.1, -0.05) is 24.3 Å². The second-order valence-corrected chi connectivity index (χ2v) is 5.36. The number of amides is 2. The van der Waals surface area contributed by atoms with Crippen LogP contribution in [0.25, 0.3) is 0 Å². The van der Waals surface area contributed by atoms with E-state index >= 15 is 0 Å². The van der Waals surface area contributed by atoms with E-state index in [1.165, 1.54) is 18.2 Å². The first-order chi connectivity index (χ1) is 10.8. The number of benzene rings is 1. The van der Waals surface area contributed by atoms with Crippen LogP contribution in [-0.4, -0.2) is 24.5 Å². The van der Waals surface area contributed by atoms with Crippen LogP contribution in [-0.2, 0) is 4.79 Å². The summed E-state index contributed by atoms with van der Waals surface area (Å²) in [6, 6.07) is 5.99. The molecule has 0 saturated carbocycles. The number of alkyl halides is 3. The van der Waals surface area contributed by atoms with Crippen molar-refractivity contribution in [1.82, 2.24) is 5.32 Å². The lowest BCUT2D eigenvalue weighted by Gasteiger charge is -2.13. The molecule has 1 aliphatic carbocycles. The zero-order chi connectivity index (χ0) is 16.9. The van der Waals surface area contributed by atoms with E-state index < -0.39 is 18.6 Å². The summed E-state index contributed by atoms with van der Waals surface area (Å²) in [5, 5.41) is 4.40. The molecule has 1 aromatic rings. The van der Waals surface area contributed by atoms with Crippen LogP contribution in [0.2, 0.25) is 0 Å². The maximum atomic E-state index is 12.2. The average Bonchev–Trinajstić information content (AvgIpc) is 2.97. The van der Waals surface area contributed by atoms with E-state index in [-0.39, 0.29) is 29.5 Å². The molecule has 0 bridgehead atoms. The molecule has 2 rings (SSSR count). The van der Waals surface area contributed by atoms with Crippen molar-refractivity contribution in [1.29, 1.82) is 0 Å². The van der Waals surface area contributed by atoms with E-state index in [1.54, 1.807) is 11.4 Å². The highest BCUT2D eigenvalue weighted by Crippen LogP contribution is 2.22. The van der Waals surface area contributed by atoms with Crippen LogP contribution in [0.4, 0.5) is 18.9 Å². The lowest BCUT2D eigenvalue weighted by molar-refractivity contribution is -0.123. The molecule has 0 fully saturated rings. The third kappa shape index (κ3) is 5.43. The Labute approximate surface area is 131 Å². The van der Waals surface area contributed by atoms with Crippen molar-refractivity contribution in [3.8, 4) is 0 Å². The SMILES string of the molecule is O=C(C[C@H]1C=CCC1)Nc1ccccc1C(=O)NCC(F)(F)F. The Balaban J connectivity index is 2.00. The van der Waals surface area contributed by atoms with Crippen LogP contribution >= 0.6 is 0 Å². The van der Waals surface area contributed by atoms with E-state index in [4.69, 9.17) is 0 Å². The first kappa shape index (κ1) is 17.1. The Kier molecular flexibility index (Phi) is 5.41. The van der Waals surface area contributed by atoms with Crippen molar-refractivity contribution < 1.29 is 22.8 Å². The molecule has 0 unspecified atom stereocenters. The number of carbonyl (C=O) groups excluding carboxylic acids is 2. The number of rotatable bonds is 5. The second kappa shape index (κ2) is 7.30. The first-order valence-corrected chi connectivity index (χ1v) is 7.25. The van der Waals surface area contributed by atoms with Gasteiger partial charge in [0.05, 0.1) is 11.3 Å². The van der Waals surface area contributed by atoms with E-state index in [0.717, 1.165) is 12.8 Å². The van der Waals surface area contributed by atoms with E-state index in [0.29, 0.717) is 0 Å². The highest BCUT2D eigenvalue weighted by Gasteiger charge is 2.28. The van der Waals surface area contributed by atoms with Gasteiger partial charge in [-0.15, -0.1) is 0 Å². The summed E-state index contributed by atoms with van der Waals surface area (Å²) in [4.78, 5) is 23.9. The second-order valence-electron chi connectivity index (χ2n) is 5.36. The Hall–Kier alpha value is -2.31. The highest BCUT2D eigenvalue weighted by atomic mass is 19.4. The van der Waals surface area contributed by atoms with Crippen molar-refractivity contribution in [2.75, 3.05) is 11.9 Å². The van der Waals surface area contributed by atoms with Gasteiger partial charge in [0, 0.05) is 6.42 Å². The van der Waals surface area contributed by atoms with Gasteiger partial charge in [0.2, 0.25) is 5.91 Å². The monoisotopic (exact) mass is 326 g/mol. The van der Waals surface area contributed by atoms with Crippen LogP contribution in [0.15, 0.2) is 36.4 Å². The van der Waals surface area contributed by atoms with E-state index in [1.807, 2.05) is 12.2 Å². The number of hydrogen-bond acceptors (Lipinski definition) is 2. The lowest BCUT2D eigenvalue weighted by atomic mass is 10.0. The van der Waals surface area contributed by atoms with Gasteiger partial charge in [0.25, 0.3) is 5.91 Å². The van der Waals surface area contributed by atoms with Crippen molar-refractivity contribution in [2.45, 2.75) is 25.4 Å². The molecule has 0 radical (unpaired) electrons. The molecule has 0 aromatic heterocycles. The Bertz CT molecular complexity index is 612. The Morgan fingerprint density at radius 1 is 1.22 bits per heavy atom. The van der Waals surface area contributed by atoms with Gasteiger partial charge in [-0.25, -0.2) is 0 Å². The summed E-state index contributed by atoms with van der Waals surface area (Å²) in [6.07, 6.45) is 1.63. The number of allylic oxidation sites excluding steroid dienone is 2. The zero-order valence-electron chi connectivity index (χ0n) is 12.3. The lowest BCUT2D eigenvalue weighted by Crippen LogP contribution is -2.34. The van der Waals surface area contributed by atoms with Gasteiger partial charge >= 0.3 is 6.18 Å². The minimum atomic E-state index is -4.48. The van der Waals surface area contributed by atoms with Gasteiger partial charge in [0.1, 0.15) is 6.54 Å². The average molecular weight is 326 g/mol. The maximum absolute atomic E-state index is 12.2. The number of nitrogens with one attached hydrogen (secondary N) is 2. The van der Waals surface area contributed by atoms with Crippen molar-refractivity contribution in [3.05, 3.63) is 42.0 Å². The molecule has 1 atom stereocenters. The van der Waals surface area contributed by atoms with Crippen molar-refractivity contribution in [2.24, 2.45) is 5.92 Å². The smallest absolute Gasteiger partial charge is 0.343 e. The predicted molar refractivity (Wildman–Crippen MR) is 79.9 cm³/mol. The quantitative estimate of drug-likeness (QED) is 0.816. The molecule has 124 valence electrons. The molecule has 7 heteroatoms. The largest absolute Gasteiger partial charge is 0.405 e. The minimum Gasteiger partial charge on any atom is -0.343 e. The maximum Gasteiger partial charge on any atom is 0.405 e. The van der Waals surface area contributed by atoms with Crippen LogP contribution in [0.5, 0.6) is 0 Å². The number of halogens is 3. The fourth-order valence-electron chi connectivity index (χ4n) is 2.37. The van der Waals surface area contributed by atoms with Crippen LogP contribution in [0, 0.1) is 5.92 Å². The molecule has 0 spiro atoms. The van der Waals surface area contributed by atoms with Crippen LogP contribution < -0.4 is 10.6 Å². The van der Waals surface area contributed by atoms with Crippen molar-refractivity contribution in [3.63, 3.8) is 0 Å². The molecular formula is C16H17F3N2O2. The number of para-hydroxylation sites is 1. The molecule has 1 aromatic carbocycles. The van der Waals surface area contributed by atoms with Crippen LogP contribution in [0.3, 0.4) is 0 Å². The predicted octanol–water partition coefficient (Wildman–Crippen LogP) is 3.27. The molecule has 0 saturated heterocycles. The third-order valence-corrected chi connectivity index (χ3v) is 3.46. The molecular weight excluding hydrogens is 309 g/mol. The van der Waals surface area contributed by atoms with Crippen LogP contribution in [0.1, 0.15) is 29.6 Å². The Morgan fingerprint density at radius 2 is 1.96 bits per heavy atom. The summed E-state index contributed by atoms with van der Waals surface area (Å²) in [5.74, 6) is -0.974. The minimum absolute atomic E-state index is 0.00654. The molecule has 23 heavy (non-hydrogen) atoms. The van der Waals surface area contributed by atoms with Crippen molar-refractivity contribution >= 4 is 17.5 Å². The summed E-state index contributed by atoms with van der Waals surface area (Å²) >= 11 is 0. The number of anilines is 1. The summed E-state index contributed by atoms with van der Waals surface area (Å²) in [6.45, 7) is -1.42. The fraction of sp³-hybridized carbons (Fsp3) is 0.375. The fourth-order valence-corrected chi connectivity index (χ4v) is 2.37.